The van der Waals surface area contributed by atoms with Gasteiger partial charge in [0.25, 0.3) is 0 Å². The highest BCUT2D eigenvalue weighted by molar-refractivity contribution is 5.56. The molecule has 3 nitrogen and oxygen atoms in total. The van der Waals surface area contributed by atoms with Crippen LogP contribution in [0.4, 0.5) is 10.1 Å². The average Bonchev–Trinajstić information content (AvgIpc) is 2.46. The minimum atomic E-state index is -0.254. The highest BCUT2D eigenvalue weighted by Crippen LogP contribution is 2.29. The summed E-state index contributed by atoms with van der Waals surface area (Å²) in [7, 11) is 3.50. The molecule has 1 atom stereocenters. The van der Waals surface area contributed by atoms with Crippen molar-refractivity contribution in [3.63, 3.8) is 0 Å². The van der Waals surface area contributed by atoms with Gasteiger partial charge in [0, 0.05) is 19.6 Å². The van der Waals surface area contributed by atoms with E-state index in [2.05, 4.69) is 0 Å². The third kappa shape index (κ3) is 3.52. The third-order valence-corrected chi connectivity index (χ3v) is 3.44. The van der Waals surface area contributed by atoms with Crippen molar-refractivity contribution in [2.45, 2.75) is 19.5 Å². The molecule has 1 unspecified atom stereocenters. The number of nitrogens with zero attached hydrogens (tertiary/aromatic N) is 1. The van der Waals surface area contributed by atoms with Crippen molar-refractivity contribution in [1.29, 1.82) is 0 Å². The summed E-state index contributed by atoms with van der Waals surface area (Å²) in [5.41, 5.74) is 8.36. The van der Waals surface area contributed by atoms with Crippen LogP contribution in [-0.4, -0.2) is 14.2 Å². The van der Waals surface area contributed by atoms with E-state index in [9.17, 15) is 4.39 Å². The zero-order valence-corrected chi connectivity index (χ0v) is 12.6. The second-order valence-electron chi connectivity index (χ2n) is 5.17. The Bertz CT molecular complexity index is 613. The zero-order valence-electron chi connectivity index (χ0n) is 12.6. The van der Waals surface area contributed by atoms with Crippen LogP contribution in [0.1, 0.15) is 24.1 Å². The number of halogens is 1. The highest BCUT2D eigenvalue weighted by atomic mass is 19.1. The minimum Gasteiger partial charge on any atom is -0.497 e. The largest absolute Gasteiger partial charge is 0.497 e. The Morgan fingerprint density at radius 2 is 1.95 bits per heavy atom. The zero-order chi connectivity index (χ0) is 15.4. The lowest BCUT2D eigenvalue weighted by atomic mass is 10.0. The SMILES string of the molecule is COc1cccc(CN(C)c2c(F)cccc2C(C)N)c1. The normalized spacial score (nSPS) is 12.0. The maximum atomic E-state index is 14.2. The molecule has 4 heteroatoms. The van der Waals surface area contributed by atoms with Gasteiger partial charge in [0.05, 0.1) is 12.8 Å². The lowest BCUT2D eigenvalue weighted by molar-refractivity contribution is 0.414. The quantitative estimate of drug-likeness (QED) is 0.915. The summed E-state index contributed by atoms with van der Waals surface area (Å²) in [5.74, 6) is 0.539. The molecule has 0 amide bonds. The van der Waals surface area contributed by atoms with Gasteiger partial charge in [-0.3, -0.25) is 0 Å². The monoisotopic (exact) mass is 288 g/mol. The van der Waals surface area contributed by atoms with E-state index in [0.29, 0.717) is 12.2 Å². The first-order valence-corrected chi connectivity index (χ1v) is 6.91. The molecule has 21 heavy (non-hydrogen) atoms. The highest BCUT2D eigenvalue weighted by Gasteiger charge is 2.15. The topological polar surface area (TPSA) is 38.5 Å². The summed E-state index contributed by atoms with van der Waals surface area (Å²) in [6.45, 7) is 2.44. The van der Waals surface area contributed by atoms with Crippen molar-refractivity contribution >= 4 is 5.69 Å². The van der Waals surface area contributed by atoms with E-state index in [1.165, 1.54) is 6.07 Å². The van der Waals surface area contributed by atoms with Gasteiger partial charge in [-0.1, -0.05) is 24.3 Å². The van der Waals surface area contributed by atoms with Crippen LogP contribution in [-0.2, 0) is 6.54 Å². The summed E-state index contributed by atoms with van der Waals surface area (Å²) in [4.78, 5) is 1.88. The van der Waals surface area contributed by atoms with E-state index >= 15 is 0 Å². The van der Waals surface area contributed by atoms with E-state index in [1.54, 1.807) is 13.2 Å². The van der Waals surface area contributed by atoms with Crippen molar-refractivity contribution < 1.29 is 9.13 Å². The predicted molar refractivity (Wildman–Crippen MR) is 84.1 cm³/mol. The number of ether oxygens (including phenoxy) is 1. The molecular formula is C17H21FN2O. The molecule has 0 radical (unpaired) electrons. The van der Waals surface area contributed by atoms with Crippen LogP contribution >= 0.6 is 0 Å². The first-order chi connectivity index (χ1) is 10.0. The number of nitrogens with two attached hydrogens (primary N) is 1. The fourth-order valence-corrected chi connectivity index (χ4v) is 2.43. The van der Waals surface area contributed by atoms with Gasteiger partial charge in [-0.2, -0.15) is 0 Å². The Labute approximate surface area is 125 Å². The second kappa shape index (κ2) is 6.59. The Hall–Kier alpha value is -2.07. The van der Waals surface area contributed by atoms with Gasteiger partial charge in [0.1, 0.15) is 11.6 Å². The smallest absolute Gasteiger partial charge is 0.146 e. The van der Waals surface area contributed by atoms with Gasteiger partial charge in [-0.05, 0) is 36.2 Å². The van der Waals surface area contributed by atoms with Crippen LogP contribution in [0.3, 0.4) is 0 Å². The van der Waals surface area contributed by atoms with E-state index in [4.69, 9.17) is 10.5 Å². The Morgan fingerprint density at radius 3 is 2.62 bits per heavy atom. The Morgan fingerprint density at radius 1 is 1.24 bits per heavy atom. The Balaban J connectivity index is 2.29. The lowest BCUT2D eigenvalue weighted by Crippen LogP contribution is -2.21. The molecule has 0 aliphatic carbocycles. The van der Waals surface area contributed by atoms with Crippen LogP contribution in [0.5, 0.6) is 5.75 Å². The maximum absolute atomic E-state index is 14.2. The Kier molecular flexibility index (Phi) is 4.81. The van der Waals surface area contributed by atoms with Crippen molar-refractivity contribution in [3.05, 3.63) is 59.4 Å². The van der Waals surface area contributed by atoms with Gasteiger partial charge in [0.2, 0.25) is 0 Å². The van der Waals surface area contributed by atoms with Crippen molar-refractivity contribution in [2.24, 2.45) is 5.73 Å². The number of hydrogen-bond acceptors (Lipinski definition) is 3. The first-order valence-electron chi connectivity index (χ1n) is 6.91. The summed E-state index contributed by atoms with van der Waals surface area (Å²) >= 11 is 0. The molecule has 0 fully saturated rings. The lowest BCUT2D eigenvalue weighted by Gasteiger charge is -2.24. The molecule has 0 aliphatic heterocycles. The van der Waals surface area contributed by atoms with Gasteiger partial charge in [0.15, 0.2) is 0 Å². The van der Waals surface area contributed by atoms with E-state index in [-0.39, 0.29) is 11.9 Å². The van der Waals surface area contributed by atoms with Gasteiger partial charge in [-0.25, -0.2) is 4.39 Å². The van der Waals surface area contributed by atoms with Crippen molar-refractivity contribution in [2.75, 3.05) is 19.1 Å². The summed E-state index contributed by atoms with van der Waals surface area (Å²) in [5, 5.41) is 0. The standard InChI is InChI=1S/C17H21FN2O/c1-12(19)15-8-5-9-16(18)17(15)20(2)11-13-6-4-7-14(10-13)21-3/h4-10,12H,11,19H2,1-3H3. The van der Waals surface area contributed by atoms with Crippen LogP contribution in [0.2, 0.25) is 0 Å². The number of benzene rings is 2. The predicted octanol–water partition coefficient (Wildman–Crippen LogP) is 3.49. The molecule has 0 aromatic heterocycles. The molecule has 0 saturated carbocycles. The molecular weight excluding hydrogens is 267 g/mol. The molecule has 112 valence electrons. The van der Waals surface area contributed by atoms with E-state index in [1.807, 2.05) is 49.2 Å². The molecule has 0 aliphatic rings. The van der Waals surface area contributed by atoms with Gasteiger partial charge < -0.3 is 15.4 Å². The molecule has 2 aromatic carbocycles. The second-order valence-corrected chi connectivity index (χ2v) is 5.17. The van der Waals surface area contributed by atoms with Crippen LogP contribution in [0, 0.1) is 5.82 Å². The molecule has 2 aromatic rings. The van der Waals surface area contributed by atoms with Crippen LogP contribution in [0.15, 0.2) is 42.5 Å². The molecule has 0 bridgehead atoms. The molecule has 0 heterocycles. The van der Waals surface area contributed by atoms with Gasteiger partial charge >= 0.3 is 0 Å². The fraction of sp³-hybridized carbons (Fsp3) is 0.294. The summed E-state index contributed by atoms with van der Waals surface area (Å²) < 4.78 is 19.4. The van der Waals surface area contributed by atoms with Crippen LogP contribution in [0.25, 0.3) is 0 Å². The molecule has 0 spiro atoms. The summed E-state index contributed by atoms with van der Waals surface area (Å²) in [6, 6.07) is 12.6. The van der Waals surface area contributed by atoms with Crippen LogP contribution < -0.4 is 15.4 Å². The number of methoxy groups -OCH3 is 1. The van der Waals surface area contributed by atoms with Gasteiger partial charge in [-0.15, -0.1) is 0 Å². The molecule has 0 saturated heterocycles. The number of anilines is 1. The fourth-order valence-electron chi connectivity index (χ4n) is 2.43. The summed E-state index contributed by atoms with van der Waals surface area (Å²) in [6.07, 6.45) is 0. The average molecular weight is 288 g/mol. The minimum absolute atomic E-state index is 0.219. The third-order valence-electron chi connectivity index (χ3n) is 3.44. The van der Waals surface area contributed by atoms with E-state index in [0.717, 1.165) is 16.9 Å². The first kappa shape index (κ1) is 15.3. The molecule has 2 N–H and O–H groups in total. The van der Waals surface area contributed by atoms with E-state index < -0.39 is 0 Å². The number of hydrogen-bond donors (Lipinski definition) is 1. The number of rotatable bonds is 5. The number of para-hydroxylation sites is 1. The van der Waals surface area contributed by atoms with Crippen molar-refractivity contribution in [1.82, 2.24) is 0 Å². The maximum Gasteiger partial charge on any atom is 0.146 e. The van der Waals surface area contributed by atoms with Crippen molar-refractivity contribution in [3.8, 4) is 5.75 Å². The molecule has 2 rings (SSSR count).